The molecule has 2 rings (SSSR count). The number of nitrogens with one attached hydrogen (secondary N) is 1. The fourth-order valence-electron chi connectivity index (χ4n) is 2.11. The van der Waals surface area contributed by atoms with Crippen LogP contribution in [0.4, 0.5) is 0 Å². The molecule has 0 fully saturated rings. The molecule has 0 saturated heterocycles. The molecule has 2 nitrogen and oxygen atoms in total. The van der Waals surface area contributed by atoms with E-state index >= 15 is 0 Å². The quantitative estimate of drug-likeness (QED) is 0.865. The summed E-state index contributed by atoms with van der Waals surface area (Å²) in [6.45, 7) is 7.39. The van der Waals surface area contributed by atoms with Crippen molar-refractivity contribution in [3.63, 3.8) is 0 Å². The van der Waals surface area contributed by atoms with Crippen LogP contribution in [0.3, 0.4) is 0 Å². The largest absolute Gasteiger partial charge is 0.309 e. The van der Waals surface area contributed by atoms with E-state index in [1.54, 1.807) is 11.3 Å². The van der Waals surface area contributed by atoms with Gasteiger partial charge in [0.1, 0.15) is 0 Å². The summed E-state index contributed by atoms with van der Waals surface area (Å²) in [7, 11) is 0. The van der Waals surface area contributed by atoms with Crippen molar-refractivity contribution in [2.24, 2.45) is 0 Å². The van der Waals surface area contributed by atoms with E-state index in [-0.39, 0.29) is 0 Å². The topological polar surface area (TPSA) is 24.9 Å². The third kappa shape index (κ3) is 4.77. The third-order valence-electron chi connectivity index (χ3n) is 3.24. The van der Waals surface area contributed by atoms with Gasteiger partial charge in [0.05, 0.1) is 5.01 Å². The van der Waals surface area contributed by atoms with E-state index in [9.17, 15) is 0 Å². The molecule has 0 radical (unpaired) electrons. The van der Waals surface area contributed by atoms with Crippen LogP contribution in [-0.4, -0.2) is 11.0 Å². The lowest BCUT2D eigenvalue weighted by molar-refractivity contribution is 0.516. The molecule has 0 saturated carbocycles. The van der Waals surface area contributed by atoms with Gasteiger partial charge in [0.25, 0.3) is 0 Å². The maximum absolute atomic E-state index is 4.28. The molecule has 0 aliphatic rings. The maximum Gasteiger partial charge on any atom is 0.0897 e. The average Bonchev–Trinajstić information content (AvgIpc) is 2.80. The Labute approximate surface area is 119 Å². The molecule has 1 heterocycles. The van der Waals surface area contributed by atoms with E-state index in [2.05, 4.69) is 55.3 Å². The minimum atomic E-state index is 0.530. The minimum absolute atomic E-state index is 0.530. The summed E-state index contributed by atoms with van der Waals surface area (Å²) in [5.74, 6) is 0. The Balaban J connectivity index is 1.74. The molecule has 0 amide bonds. The minimum Gasteiger partial charge on any atom is -0.309 e. The Kier molecular flexibility index (Phi) is 5.11. The summed E-state index contributed by atoms with van der Waals surface area (Å²) in [4.78, 5) is 5.60. The van der Waals surface area contributed by atoms with Gasteiger partial charge in [-0.25, -0.2) is 4.98 Å². The highest BCUT2D eigenvalue weighted by Gasteiger charge is 2.04. The fraction of sp³-hybridized carbons (Fsp3) is 0.438. The molecule has 0 aliphatic carbocycles. The molecule has 2 aromatic rings. The number of aromatic nitrogens is 1. The normalized spacial score (nSPS) is 12.6. The second-order valence-electron chi connectivity index (χ2n) is 5.16. The van der Waals surface area contributed by atoms with E-state index in [4.69, 9.17) is 0 Å². The standard InChI is InChI=1S/C16H22N2S/c1-12-5-4-6-15(9-12)8-7-13(2)17-10-16-11-18-14(3)19-16/h4-6,9,11,13,17H,7-8,10H2,1-3H3. The van der Waals surface area contributed by atoms with Gasteiger partial charge in [0.15, 0.2) is 0 Å². The van der Waals surface area contributed by atoms with Crippen molar-refractivity contribution < 1.29 is 0 Å². The van der Waals surface area contributed by atoms with Gasteiger partial charge < -0.3 is 5.32 Å². The van der Waals surface area contributed by atoms with Gasteiger partial charge in [-0.2, -0.15) is 0 Å². The Morgan fingerprint density at radius 3 is 2.84 bits per heavy atom. The van der Waals surface area contributed by atoms with E-state index < -0.39 is 0 Å². The molecular weight excluding hydrogens is 252 g/mol. The van der Waals surface area contributed by atoms with Crippen LogP contribution in [0.25, 0.3) is 0 Å². The molecule has 1 N–H and O–H groups in total. The van der Waals surface area contributed by atoms with Crippen molar-refractivity contribution in [1.29, 1.82) is 0 Å². The summed E-state index contributed by atoms with van der Waals surface area (Å²) < 4.78 is 0. The van der Waals surface area contributed by atoms with Crippen molar-refractivity contribution in [2.75, 3.05) is 0 Å². The summed E-state index contributed by atoms with van der Waals surface area (Å²) in [6, 6.07) is 9.31. The van der Waals surface area contributed by atoms with Crippen LogP contribution in [-0.2, 0) is 13.0 Å². The summed E-state index contributed by atoms with van der Waals surface area (Å²) >= 11 is 1.77. The van der Waals surface area contributed by atoms with Crippen molar-refractivity contribution in [3.05, 3.63) is 51.5 Å². The average molecular weight is 274 g/mol. The Bertz CT molecular complexity index is 519. The van der Waals surface area contributed by atoms with E-state index in [0.29, 0.717) is 6.04 Å². The predicted molar refractivity (Wildman–Crippen MR) is 82.7 cm³/mol. The number of hydrogen-bond acceptors (Lipinski definition) is 3. The number of hydrogen-bond donors (Lipinski definition) is 1. The van der Waals surface area contributed by atoms with Crippen molar-refractivity contribution in [1.82, 2.24) is 10.3 Å². The lowest BCUT2D eigenvalue weighted by Crippen LogP contribution is -2.25. The van der Waals surface area contributed by atoms with Crippen molar-refractivity contribution in [2.45, 2.75) is 46.2 Å². The van der Waals surface area contributed by atoms with Gasteiger partial charge >= 0.3 is 0 Å². The first kappa shape index (κ1) is 14.2. The Morgan fingerprint density at radius 2 is 2.16 bits per heavy atom. The van der Waals surface area contributed by atoms with Crippen LogP contribution in [0.2, 0.25) is 0 Å². The lowest BCUT2D eigenvalue weighted by atomic mass is 10.0. The zero-order valence-corrected chi connectivity index (χ0v) is 12.8. The van der Waals surface area contributed by atoms with Gasteiger partial charge in [-0.3, -0.25) is 0 Å². The van der Waals surface area contributed by atoms with Crippen LogP contribution in [0.1, 0.15) is 34.4 Å². The molecule has 1 atom stereocenters. The van der Waals surface area contributed by atoms with Crippen LogP contribution >= 0.6 is 11.3 Å². The van der Waals surface area contributed by atoms with Gasteiger partial charge in [0.2, 0.25) is 0 Å². The van der Waals surface area contributed by atoms with Crippen molar-refractivity contribution >= 4 is 11.3 Å². The first-order valence-corrected chi connectivity index (χ1v) is 7.65. The van der Waals surface area contributed by atoms with E-state index in [1.165, 1.54) is 22.4 Å². The SMILES string of the molecule is Cc1cccc(CCC(C)NCc2cnc(C)s2)c1. The smallest absolute Gasteiger partial charge is 0.0897 e. The zero-order chi connectivity index (χ0) is 13.7. The first-order valence-electron chi connectivity index (χ1n) is 6.84. The first-order chi connectivity index (χ1) is 9.13. The molecule has 0 bridgehead atoms. The lowest BCUT2D eigenvalue weighted by Gasteiger charge is -2.13. The van der Waals surface area contributed by atoms with E-state index in [0.717, 1.165) is 18.0 Å². The molecule has 1 aromatic carbocycles. The second kappa shape index (κ2) is 6.83. The van der Waals surface area contributed by atoms with Gasteiger partial charge in [0, 0.05) is 23.7 Å². The molecule has 1 unspecified atom stereocenters. The summed E-state index contributed by atoms with van der Waals surface area (Å²) in [5.41, 5.74) is 2.78. The molecule has 1 aromatic heterocycles. The van der Waals surface area contributed by atoms with Crippen LogP contribution in [0.5, 0.6) is 0 Å². The molecule has 0 aliphatic heterocycles. The van der Waals surface area contributed by atoms with Crippen molar-refractivity contribution in [3.8, 4) is 0 Å². The van der Waals surface area contributed by atoms with Crippen LogP contribution in [0.15, 0.2) is 30.5 Å². The molecule has 0 spiro atoms. The van der Waals surface area contributed by atoms with E-state index in [1.807, 2.05) is 6.20 Å². The highest BCUT2D eigenvalue weighted by Crippen LogP contribution is 2.12. The zero-order valence-electron chi connectivity index (χ0n) is 11.9. The van der Waals surface area contributed by atoms with Gasteiger partial charge in [-0.15, -0.1) is 11.3 Å². The molecule has 102 valence electrons. The molecule has 3 heteroatoms. The predicted octanol–water partition coefficient (Wildman–Crippen LogP) is 3.87. The third-order valence-corrected chi connectivity index (χ3v) is 4.16. The number of benzene rings is 1. The van der Waals surface area contributed by atoms with Crippen LogP contribution in [0, 0.1) is 13.8 Å². The second-order valence-corrected chi connectivity index (χ2v) is 6.47. The summed E-state index contributed by atoms with van der Waals surface area (Å²) in [5, 5.41) is 4.71. The highest BCUT2D eigenvalue weighted by molar-refractivity contribution is 7.11. The highest BCUT2D eigenvalue weighted by atomic mass is 32.1. The molecular formula is C16H22N2S. The molecule has 19 heavy (non-hydrogen) atoms. The fourth-order valence-corrected chi connectivity index (χ4v) is 2.86. The maximum atomic E-state index is 4.28. The number of thiazole rings is 1. The summed E-state index contributed by atoms with van der Waals surface area (Å²) in [6.07, 6.45) is 4.28. The Morgan fingerprint density at radius 1 is 1.32 bits per heavy atom. The number of rotatable bonds is 6. The van der Waals surface area contributed by atoms with Gasteiger partial charge in [-0.1, -0.05) is 29.8 Å². The van der Waals surface area contributed by atoms with Crippen LogP contribution < -0.4 is 5.32 Å². The monoisotopic (exact) mass is 274 g/mol. The number of aryl methyl sites for hydroxylation is 3. The Hall–Kier alpha value is -1.19. The van der Waals surface area contributed by atoms with Gasteiger partial charge in [-0.05, 0) is 39.2 Å². The number of nitrogens with zero attached hydrogens (tertiary/aromatic N) is 1.